The molecule has 0 radical (unpaired) electrons. The van der Waals surface area contributed by atoms with Crippen molar-refractivity contribution in [3.05, 3.63) is 35.6 Å². The van der Waals surface area contributed by atoms with Crippen LogP contribution in [-0.2, 0) is 0 Å². The summed E-state index contributed by atoms with van der Waals surface area (Å²) in [6, 6.07) is 7.57. The Morgan fingerprint density at radius 3 is 2.29 bits per heavy atom. The lowest BCUT2D eigenvalue weighted by Crippen LogP contribution is -2.29. The molecular formula is C15H24FN. The highest BCUT2D eigenvalue weighted by Crippen LogP contribution is 2.25. The number of hydrogen-bond donors (Lipinski definition) is 1. The molecule has 0 aliphatic carbocycles. The van der Waals surface area contributed by atoms with Gasteiger partial charge in [0, 0.05) is 12.6 Å². The van der Waals surface area contributed by atoms with Gasteiger partial charge in [-0.2, -0.15) is 0 Å². The van der Waals surface area contributed by atoms with Gasteiger partial charge in [-0.05, 0) is 29.9 Å². The van der Waals surface area contributed by atoms with Crippen molar-refractivity contribution in [1.29, 1.82) is 0 Å². The lowest BCUT2D eigenvalue weighted by Gasteiger charge is -2.22. The number of halogens is 1. The molecule has 1 unspecified atom stereocenters. The fourth-order valence-electron chi connectivity index (χ4n) is 2.07. The van der Waals surface area contributed by atoms with Crippen LogP contribution in [0.25, 0.3) is 0 Å². The average Bonchev–Trinajstić information content (AvgIpc) is 2.24. The minimum Gasteiger partial charge on any atom is -0.314 e. The molecule has 0 aliphatic heterocycles. The lowest BCUT2D eigenvalue weighted by atomic mass is 9.89. The van der Waals surface area contributed by atoms with Crippen LogP contribution in [0.1, 0.15) is 45.6 Å². The second kappa shape index (κ2) is 6.75. The van der Waals surface area contributed by atoms with Crippen molar-refractivity contribution < 1.29 is 4.39 Å². The lowest BCUT2D eigenvalue weighted by molar-refractivity contribution is 0.439. The minimum atomic E-state index is -0.0799. The van der Waals surface area contributed by atoms with Gasteiger partial charge in [0.15, 0.2) is 0 Å². The SMILES string of the molecule is CC(C)CC(CNC(C)C)c1ccccc1F. The van der Waals surface area contributed by atoms with Crippen LogP contribution in [0.4, 0.5) is 4.39 Å². The van der Waals surface area contributed by atoms with Crippen LogP contribution in [0.2, 0.25) is 0 Å². The molecule has 1 rings (SSSR count). The third-order valence-electron chi connectivity index (χ3n) is 2.87. The Labute approximate surface area is 104 Å². The summed E-state index contributed by atoms with van der Waals surface area (Å²) in [4.78, 5) is 0. The zero-order valence-electron chi connectivity index (χ0n) is 11.3. The minimum absolute atomic E-state index is 0.0799. The van der Waals surface area contributed by atoms with E-state index in [0.29, 0.717) is 12.0 Å². The highest BCUT2D eigenvalue weighted by molar-refractivity contribution is 5.22. The molecule has 0 fully saturated rings. The highest BCUT2D eigenvalue weighted by atomic mass is 19.1. The molecule has 0 bridgehead atoms. The van der Waals surface area contributed by atoms with Crippen molar-refractivity contribution in [2.45, 2.75) is 46.1 Å². The first-order chi connectivity index (χ1) is 8.00. The molecule has 0 saturated carbocycles. The molecule has 1 N–H and O–H groups in total. The molecule has 0 amide bonds. The van der Waals surface area contributed by atoms with Gasteiger partial charge < -0.3 is 5.32 Å². The summed E-state index contributed by atoms with van der Waals surface area (Å²) in [6.07, 6.45) is 1.01. The Morgan fingerprint density at radius 2 is 1.76 bits per heavy atom. The molecule has 1 aromatic carbocycles. The number of hydrogen-bond acceptors (Lipinski definition) is 1. The van der Waals surface area contributed by atoms with Crippen molar-refractivity contribution in [1.82, 2.24) is 5.32 Å². The summed E-state index contributed by atoms with van der Waals surface area (Å²) in [6.45, 7) is 9.45. The molecular weight excluding hydrogens is 213 g/mol. The molecule has 1 nitrogen and oxygen atoms in total. The van der Waals surface area contributed by atoms with E-state index >= 15 is 0 Å². The fourth-order valence-corrected chi connectivity index (χ4v) is 2.07. The average molecular weight is 237 g/mol. The van der Waals surface area contributed by atoms with Crippen LogP contribution in [0, 0.1) is 11.7 Å². The van der Waals surface area contributed by atoms with Crippen molar-refractivity contribution in [2.24, 2.45) is 5.92 Å². The number of benzene rings is 1. The normalized spacial score (nSPS) is 13.4. The molecule has 1 aromatic rings. The summed E-state index contributed by atoms with van der Waals surface area (Å²) in [5.74, 6) is 0.760. The first kappa shape index (κ1) is 14.2. The van der Waals surface area contributed by atoms with E-state index in [1.54, 1.807) is 12.1 Å². The monoisotopic (exact) mass is 237 g/mol. The van der Waals surface area contributed by atoms with E-state index < -0.39 is 0 Å². The van der Waals surface area contributed by atoms with Gasteiger partial charge in [-0.3, -0.25) is 0 Å². The maximum absolute atomic E-state index is 13.8. The van der Waals surface area contributed by atoms with Crippen molar-refractivity contribution >= 4 is 0 Å². The van der Waals surface area contributed by atoms with E-state index in [2.05, 4.69) is 33.0 Å². The summed E-state index contributed by atoms with van der Waals surface area (Å²) in [7, 11) is 0. The topological polar surface area (TPSA) is 12.0 Å². The van der Waals surface area contributed by atoms with Gasteiger partial charge in [-0.15, -0.1) is 0 Å². The zero-order valence-corrected chi connectivity index (χ0v) is 11.3. The third-order valence-corrected chi connectivity index (χ3v) is 2.87. The molecule has 0 saturated heterocycles. The molecule has 2 heteroatoms. The first-order valence-corrected chi connectivity index (χ1v) is 6.48. The Bertz CT molecular complexity index is 333. The van der Waals surface area contributed by atoms with Crippen LogP contribution < -0.4 is 5.32 Å². The van der Waals surface area contributed by atoms with Crippen LogP contribution in [0.15, 0.2) is 24.3 Å². The standard InChI is InChI=1S/C15H24FN/c1-11(2)9-13(10-17-12(3)4)14-7-5-6-8-15(14)16/h5-8,11-13,17H,9-10H2,1-4H3. The maximum atomic E-state index is 13.8. The van der Waals surface area contributed by atoms with Gasteiger partial charge in [0.2, 0.25) is 0 Å². The fraction of sp³-hybridized carbons (Fsp3) is 0.600. The van der Waals surface area contributed by atoms with Crippen LogP contribution in [0.3, 0.4) is 0 Å². The van der Waals surface area contributed by atoms with Crippen molar-refractivity contribution in [3.8, 4) is 0 Å². The summed E-state index contributed by atoms with van der Waals surface area (Å²) >= 11 is 0. The largest absolute Gasteiger partial charge is 0.314 e. The number of rotatable bonds is 6. The van der Waals surface area contributed by atoms with E-state index in [0.717, 1.165) is 18.5 Å². The summed E-state index contributed by atoms with van der Waals surface area (Å²) in [5.41, 5.74) is 0.842. The van der Waals surface area contributed by atoms with Gasteiger partial charge >= 0.3 is 0 Å². The Kier molecular flexibility index (Phi) is 5.63. The number of nitrogens with one attached hydrogen (secondary N) is 1. The van der Waals surface area contributed by atoms with Crippen LogP contribution >= 0.6 is 0 Å². The van der Waals surface area contributed by atoms with E-state index in [1.807, 2.05) is 12.1 Å². The summed E-state index contributed by atoms with van der Waals surface area (Å²) in [5, 5.41) is 3.41. The molecule has 17 heavy (non-hydrogen) atoms. The highest BCUT2D eigenvalue weighted by Gasteiger charge is 2.16. The van der Waals surface area contributed by atoms with Gasteiger partial charge in [-0.25, -0.2) is 4.39 Å². The molecule has 0 aliphatic rings. The van der Waals surface area contributed by atoms with Crippen molar-refractivity contribution in [3.63, 3.8) is 0 Å². The molecule has 0 aromatic heterocycles. The van der Waals surface area contributed by atoms with Crippen LogP contribution in [-0.4, -0.2) is 12.6 Å². The predicted octanol–water partition coefficient (Wildman–Crippen LogP) is 3.95. The Balaban J connectivity index is 2.78. The second-order valence-electron chi connectivity index (χ2n) is 5.41. The van der Waals surface area contributed by atoms with Gasteiger partial charge in [0.1, 0.15) is 5.82 Å². The molecule has 96 valence electrons. The predicted molar refractivity (Wildman–Crippen MR) is 71.7 cm³/mol. The molecule has 0 spiro atoms. The zero-order chi connectivity index (χ0) is 12.8. The molecule has 1 atom stereocenters. The quantitative estimate of drug-likeness (QED) is 0.790. The second-order valence-corrected chi connectivity index (χ2v) is 5.41. The van der Waals surface area contributed by atoms with E-state index in [9.17, 15) is 4.39 Å². The Hall–Kier alpha value is -0.890. The smallest absolute Gasteiger partial charge is 0.126 e. The van der Waals surface area contributed by atoms with Gasteiger partial charge in [-0.1, -0.05) is 45.9 Å². The maximum Gasteiger partial charge on any atom is 0.126 e. The Morgan fingerprint density at radius 1 is 1.12 bits per heavy atom. The van der Waals surface area contributed by atoms with E-state index in [1.165, 1.54) is 0 Å². The van der Waals surface area contributed by atoms with Gasteiger partial charge in [0.05, 0.1) is 0 Å². The van der Waals surface area contributed by atoms with E-state index in [4.69, 9.17) is 0 Å². The molecule has 0 heterocycles. The van der Waals surface area contributed by atoms with Gasteiger partial charge in [0.25, 0.3) is 0 Å². The van der Waals surface area contributed by atoms with Crippen molar-refractivity contribution in [2.75, 3.05) is 6.54 Å². The third kappa shape index (κ3) is 4.86. The summed E-state index contributed by atoms with van der Waals surface area (Å²) < 4.78 is 13.8. The first-order valence-electron chi connectivity index (χ1n) is 6.48. The van der Waals surface area contributed by atoms with Crippen LogP contribution in [0.5, 0.6) is 0 Å². The van der Waals surface area contributed by atoms with E-state index in [-0.39, 0.29) is 11.7 Å².